The second-order valence-electron chi connectivity index (χ2n) is 8.22. The van der Waals surface area contributed by atoms with Crippen LogP contribution in [-0.2, 0) is 16.4 Å². The van der Waals surface area contributed by atoms with Crippen LogP contribution in [0, 0.1) is 0 Å². The van der Waals surface area contributed by atoms with Gasteiger partial charge in [0.2, 0.25) is 10.0 Å². The van der Waals surface area contributed by atoms with Crippen molar-refractivity contribution in [2.24, 2.45) is 0 Å². The number of aliphatic hydroxyl groups excluding tert-OH is 1. The first-order valence-electron chi connectivity index (χ1n) is 11.2. The van der Waals surface area contributed by atoms with Crippen molar-refractivity contribution in [3.8, 4) is 0 Å². The molecule has 0 bridgehead atoms. The van der Waals surface area contributed by atoms with Gasteiger partial charge in [-0.3, -0.25) is 9.97 Å². The van der Waals surface area contributed by atoms with E-state index < -0.39 is 16.1 Å². The van der Waals surface area contributed by atoms with Gasteiger partial charge in [-0.1, -0.05) is 36.4 Å². The fraction of sp³-hybridized carbons (Fsp3) is 0.231. The van der Waals surface area contributed by atoms with E-state index in [-0.39, 0.29) is 17.5 Å². The van der Waals surface area contributed by atoms with E-state index in [0.29, 0.717) is 11.1 Å². The van der Waals surface area contributed by atoms with Gasteiger partial charge in [-0.05, 0) is 55.7 Å². The van der Waals surface area contributed by atoms with Crippen LogP contribution in [0.5, 0.6) is 0 Å². The molecule has 8 heteroatoms. The van der Waals surface area contributed by atoms with E-state index in [1.54, 1.807) is 55.0 Å². The summed E-state index contributed by atoms with van der Waals surface area (Å²) in [4.78, 5) is 8.42. The number of aliphatic hydroxyl groups is 1. The van der Waals surface area contributed by atoms with E-state index >= 15 is 0 Å². The number of hydrogen-bond acceptors (Lipinski definition) is 6. The third kappa shape index (κ3) is 5.77. The van der Waals surface area contributed by atoms with Crippen LogP contribution in [0.15, 0.2) is 90.2 Å². The second kappa shape index (κ2) is 10.7. The minimum Gasteiger partial charge on any atom is -0.385 e. The monoisotopic (exact) mass is 476 g/mol. The summed E-state index contributed by atoms with van der Waals surface area (Å²) < 4.78 is 28.7. The smallest absolute Gasteiger partial charge is 0.241 e. The summed E-state index contributed by atoms with van der Waals surface area (Å²) in [7, 11) is -3.87. The lowest BCUT2D eigenvalue weighted by molar-refractivity contribution is 0.177. The van der Waals surface area contributed by atoms with Gasteiger partial charge >= 0.3 is 0 Å². The molecule has 0 aliphatic rings. The highest BCUT2D eigenvalue weighted by Crippen LogP contribution is 2.29. The van der Waals surface area contributed by atoms with Crippen LogP contribution in [0.3, 0.4) is 0 Å². The Morgan fingerprint density at radius 2 is 1.74 bits per heavy atom. The number of hydrogen-bond donors (Lipinski definition) is 3. The molecular formula is C26H28N4O3S. The van der Waals surface area contributed by atoms with E-state index in [9.17, 15) is 13.5 Å². The molecule has 2 aromatic carbocycles. The largest absolute Gasteiger partial charge is 0.385 e. The first-order valence-corrected chi connectivity index (χ1v) is 12.7. The zero-order chi connectivity index (χ0) is 24.0. The highest BCUT2D eigenvalue weighted by molar-refractivity contribution is 7.89. The number of anilines is 1. The van der Waals surface area contributed by atoms with Gasteiger partial charge in [0.05, 0.1) is 10.6 Å². The van der Waals surface area contributed by atoms with Crippen molar-refractivity contribution in [1.29, 1.82) is 0 Å². The molecule has 2 aromatic heterocycles. The Labute approximate surface area is 200 Å². The maximum Gasteiger partial charge on any atom is 0.241 e. The molecule has 0 aliphatic carbocycles. The standard InChI is InChI=1S/C26H28N4O3S/c1-19(10-11-20-7-3-2-4-8-20)30-23-12-13-26(21-14-16-27-17-22(21)23)34(32,33)29-18-25(31)24-9-5-6-15-28-24/h2-9,12-17,19,25,29-31H,10-11,18H2,1H3. The van der Waals surface area contributed by atoms with Crippen LogP contribution in [0.1, 0.15) is 30.7 Å². The van der Waals surface area contributed by atoms with Crippen LogP contribution in [0.4, 0.5) is 5.69 Å². The molecule has 7 nitrogen and oxygen atoms in total. The van der Waals surface area contributed by atoms with E-state index in [1.165, 1.54) is 5.56 Å². The van der Waals surface area contributed by atoms with Crippen LogP contribution in [-0.4, -0.2) is 36.1 Å². The third-order valence-electron chi connectivity index (χ3n) is 5.67. The van der Waals surface area contributed by atoms with Crippen molar-refractivity contribution in [2.45, 2.75) is 36.8 Å². The zero-order valence-corrected chi connectivity index (χ0v) is 19.7. The van der Waals surface area contributed by atoms with Gasteiger partial charge < -0.3 is 10.4 Å². The van der Waals surface area contributed by atoms with E-state index in [0.717, 1.165) is 23.9 Å². The first kappa shape index (κ1) is 23.8. The fourth-order valence-corrected chi connectivity index (χ4v) is 5.08. The highest BCUT2D eigenvalue weighted by Gasteiger charge is 2.21. The van der Waals surface area contributed by atoms with Crippen molar-refractivity contribution in [1.82, 2.24) is 14.7 Å². The average Bonchev–Trinajstić information content (AvgIpc) is 2.87. The molecule has 2 unspecified atom stereocenters. The summed E-state index contributed by atoms with van der Waals surface area (Å²) in [5.74, 6) is 0. The van der Waals surface area contributed by atoms with Gasteiger partial charge in [-0.15, -0.1) is 0 Å². The maximum atomic E-state index is 13.1. The van der Waals surface area contributed by atoms with Crippen molar-refractivity contribution in [3.05, 3.63) is 96.6 Å². The topological polar surface area (TPSA) is 104 Å². The van der Waals surface area contributed by atoms with Gasteiger partial charge in [0.1, 0.15) is 6.10 Å². The summed E-state index contributed by atoms with van der Waals surface area (Å²) in [6.07, 6.45) is 5.63. The van der Waals surface area contributed by atoms with Crippen molar-refractivity contribution >= 4 is 26.5 Å². The molecule has 4 rings (SSSR count). The Morgan fingerprint density at radius 3 is 2.50 bits per heavy atom. The van der Waals surface area contributed by atoms with Crippen LogP contribution in [0.25, 0.3) is 10.8 Å². The number of pyridine rings is 2. The first-order chi connectivity index (χ1) is 16.4. The Bertz CT molecular complexity index is 1330. The van der Waals surface area contributed by atoms with Gasteiger partial charge in [-0.2, -0.15) is 0 Å². The summed E-state index contributed by atoms with van der Waals surface area (Å²) >= 11 is 0. The number of rotatable bonds is 10. The molecule has 0 fully saturated rings. The molecule has 0 spiro atoms. The van der Waals surface area contributed by atoms with Gasteiger partial charge in [0.15, 0.2) is 0 Å². The molecular weight excluding hydrogens is 448 g/mol. The SMILES string of the molecule is CC(CCc1ccccc1)Nc1ccc(S(=O)(=O)NCC(O)c2ccccn2)c2ccncc12. The second-order valence-corrected chi connectivity index (χ2v) is 9.96. The Morgan fingerprint density at radius 1 is 0.941 bits per heavy atom. The predicted molar refractivity (Wildman–Crippen MR) is 134 cm³/mol. The number of nitrogens with one attached hydrogen (secondary N) is 2. The fourth-order valence-electron chi connectivity index (χ4n) is 3.83. The van der Waals surface area contributed by atoms with Gasteiger partial charge in [-0.25, -0.2) is 13.1 Å². The zero-order valence-electron chi connectivity index (χ0n) is 18.9. The Hall–Kier alpha value is -3.33. The molecule has 0 aliphatic heterocycles. The lowest BCUT2D eigenvalue weighted by Gasteiger charge is -2.19. The normalized spacial score (nSPS) is 13.5. The summed E-state index contributed by atoms with van der Waals surface area (Å²) in [6.45, 7) is 1.93. The van der Waals surface area contributed by atoms with Gasteiger partial charge in [0.25, 0.3) is 0 Å². The summed E-state index contributed by atoms with van der Waals surface area (Å²) in [5, 5.41) is 15.1. The number of benzene rings is 2. The predicted octanol–water partition coefficient (Wildman–Crippen LogP) is 4.07. The molecule has 0 saturated heterocycles. The molecule has 2 atom stereocenters. The quantitative estimate of drug-likeness (QED) is 0.319. The molecule has 4 aromatic rings. The van der Waals surface area contributed by atoms with Crippen molar-refractivity contribution in [3.63, 3.8) is 0 Å². The molecule has 34 heavy (non-hydrogen) atoms. The molecule has 0 saturated carbocycles. The number of sulfonamides is 1. The molecule has 3 N–H and O–H groups in total. The Kier molecular flexibility index (Phi) is 7.52. The minimum atomic E-state index is -3.87. The Balaban J connectivity index is 1.50. The third-order valence-corrected chi connectivity index (χ3v) is 7.16. The average molecular weight is 477 g/mol. The summed E-state index contributed by atoms with van der Waals surface area (Å²) in [5.41, 5.74) is 2.52. The molecule has 2 heterocycles. The lowest BCUT2D eigenvalue weighted by atomic mass is 10.1. The maximum absolute atomic E-state index is 13.1. The molecule has 0 amide bonds. The number of fused-ring (bicyclic) bond motifs is 1. The highest BCUT2D eigenvalue weighted by atomic mass is 32.2. The number of aromatic nitrogens is 2. The molecule has 0 radical (unpaired) electrons. The van der Waals surface area contributed by atoms with E-state index in [2.05, 4.69) is 39.1 Å². The van der Waals surface area contributed by atoms with Crippen LogP contribution < -0.4 is 10.0 Å². The number of nitrogens with zero attached hydrogens (tertiary/aromatic N) is 2. The number of aryl methyl sites for hydroxylation is 1. The van der Waals surface area contributed by atoms with E-state index in [1.807, 2.05) is 18.2 Å². The van der Waals surface area contributed by atoms with Crippen molar-refractivity contribution in [2.75, 3.05) is 11.9 Å². The van der Waals surface area contributed by atoms with E-state index in [4.69, 9.17) is 0 Å². The summed E-state index contributed by atoms with van der Waals surface area (Å²) in [6, 6.07) is 20.7. The minimum absolute atomic E-state index is 0.139. The van der Waals surface area contributed by atoms with Crippen LogP contribution in [0.2, 0.25) is 0 Å². The molecule has 176 valence electrons. The lowest BCUT2D eigenvalue weighted by Crippen LogP contribution is -2.29. The van der Waals surface area contributed by atoms with Crippen molar-refractivity contribution < 1.29 is 13.5 Å². The van der Waals surface area contributed by atoms with Crippen LogP contribution >= 0.6 is 0 Å². The van der Waals surface area contributed by atoms with Gasteiger partial charge in [0, 0.05) is 47.6 Å².